The molecule has 2 heterocycles. The van der Waals surface area contributed by atoms with Gasteiger partial charge in [0, 0.05) is 12.4 Å². The number of nitrogens with zero attached hydrogens (tertiary/aromatic N) is 2. The minimum atomic E-state index is 0. The molecule has 0 aromatic carbocycles. The maximum atomic E-state index is 4.48. The second kappa shape index (κ2) is 6.37. The minimum Gasteiger partial charge on any atom is -0.255 e. The quantitative estimate of drug-likeness (QED) is 0.615. The Kier molecular flexibility index (Phi) is 5.46. The van der Waals surface area contributed by atoms with Gasteiger partial charge in [-0.3, -0.25) is 9.97 Å². The minimum absolute atomic E-state index is 0. The summed E-state index contributed by atoms with van der Waals surface area (Å²) in [6.07, 6.45) is 3.75. The SMILES string of the molecule is CC(C)(C)c1ccnc(-c2cc(C(C)(C)C)ccn2)c1.[Ir+3]. The van der Waals surface area contributed by atoms with Gasteiger partial charge in [0.25, 0.3) is 0 Å². The molecule has 0 spiro atoms. The molecule has 0 saturated carbocycles. The van der Waals surface area contributed by atoms with E-state index >= 15 is 0 Å². The van der Waals surface area contributed by atoms with Gasteiger partial charge in [-0.1, -0.05) is 41.5 Å². The first-order valence-electron chi connectivity index (χ1n) is 7.11. The van der Waals surface area contributed by atoms with Crippen LogP contribution in [0.1, 0.15) is 52.7 Å². The molecule has 0 aliphatic rings. The first kappa shape index (κ1) is 18.0. The van der Waals surface area contributed by atoms with Crippen molar-refractivity contribution in [1.29, 1.82) is 0 Å². The summed E-state index contributed by atoms with van der Waals surface area (Å²) in [4.78, 5) is 8.97. The molecule has 0 amide bonds. The molecule has 0 atom stereocenters. The zero-order valence-corrected chi connectivity index (χ0v) is 16.1. The fourth-order valence-corrected chi connectivity index (χ4v) is 2.07. The molecule has 0 unspecified atom stereocenters. The average molecular weight is 461 g/mol. The molecule has 0 bridgehead atoms. The maximum absolute atomic E-state index is 4.48. The van der Waals surface area contributed by atoms with Crippen molar-refractivity contribution in [2.75, 3.05) is 0 Å². The second-order valence-electron chi connectivity index (χ2n) is 7.36. The van der Waals surface area contributed by atoms with Crippen LogP contribution in [-0.2, 0) is 30.9 Å². The molecule has 0 radical (unpaired) electrons. The van der Waals surface area contributed by atoms with E-state index in [4.69, 9.17) is 0 Å². The third kappa shape index (κ3) is 4.46. The van der Waals surface area contributed by atoms with Gasteiger partial charge in [0.15, 0.2) is 0 Å². The number of rotatable bonds is 1. The maximum Gasteiger partial charge on any atom is 3.00 e. The summed E-state index contributed by atoms with van der Waals surface area (Å²) >= 11 is 0. The molecule has 0 aliphatic heterocycles. The average Bonchev–Trinajstić information content (AvgIpc) is 2.37. The van der Waals surface area contributed by atoms with Gasteiger partial charge in [0.1, 0.15) is 0 Å². The van der Waals surface area contributed by atoms with Crippen molar-refractivity contribution in [3.05, 3.63) is 47.8 Å². The van der Waals surface area contributed by atoms with E-state index < -0.39 is 0 Å². The van der Waals surface area contributed by atoms with Crippen molar-refractivity contribution in [2.45, 2.75) is 52.4 Å². The number of aromatic nitrogens is 2. The van der Waals surface area contributed by atoms with E-state index in [1.54, 1.807) is 0 Å². The Morgan fingerprint density at radius 3 is 1.29 bits per heavy atom. The molecule has 2 rings (SSSR count). The van der Waals surface area contributed by atoms with Gasteiger partial charge in [-0.15, -0.1) is 0 Å². The van der Waals surface area contributed by atoms with Crippen LogP contribution >= 0.6 is 0 Å². The van der Waals surface area contributed by atoms with Crippen molar-refractivity contribution in [1.82, 2.24) is 9.97 Å². The number of hydrogen-bond acceptors (Lipinski definition) is 2. The molecule has 2 aromatic heterocycles. The zero-order chi connectivity index (χ0) is 15.0. The third-order valence-corrected chi connectivity index (χ3v) is 3.51. The summed E-state index contributed by atoms with van der Waals surface area (Å²) in [5.41, 5.74) is 4.71. The van der Waals surface area contributed by atoms with Crippen LogP contribution < -0.4 is 0 Å². The molecule has 112 valence electrons. The second-order valence-corrected chi connectivity index (χ2v) is 7.36. The molecule has 0 N–H and O–H groups in total. The topological polar surface area (TPSA) is 25.8 Å². The van der Waals surface area contributed by atoms with E-state index in [9.17, 15) is 0 Å². The van der Waals surface area contributed by atoms with Crippen molar-refractivity contribution < 1.29 is 20.1 Å². The summed E-state index contributed by atoms with van der Waals surface area (Å²) < 4.78 is 0. The van der Waals surface area contributed by atoms with E-state index in [0.717, 1.165) is 11.4 Å². The summed E-state index contributed by atoms with van der Waals surface area (Å²) in [5.74, 6) is 0. The third-order valence-electron chi connectivity index (χ3n) is 3.51. The van der Waals surface area contributed by atoms with E-state index in [0.29, 0.717) is 0 Å². The van der Waals surface area contributed by atoms with E-state index in [-0.39, 0.29) is 30.9 Å². The van der Waals surface area contributed by atoms with Crippen LogP contribution in [0.25, 0.3) is 11.4 Å². The van der Waals surface area contributed by atoms with Crippen molar-refractivity contribution >= 4 is 0 Å². The Hall–Kier alpha value is -1.05. The van der Waals surface area contributed by atoms with Crippen LogP contribution in [0.5, 0.6) is 0 Å². The molecular weight excluding hydrogens is 436 g/mol. The molecule has 0 fully saturated rings. The fraction of sp³-hybridized carbons (Fsp3) is 0.444. The zero-order valence-electron chi connectivity index (χ0n) is 13.7. The number of pyridine rings is 2. The summed E-state index contributed by atoms with van der Waals surface area (Å²) in [7, 11) is 0. The predicted octanol–water partition coefficient (Wildman–Crippen LogP) is 4.74. The monoisotopic (exact) mass is 461 g/mol. The van der Waals surface area contributed by atoms with Crippen LogP contribution in [0.15, 0.2) is 36.7 Å². The van der Waals surface area contributed by atoms with Crippen molar-refractivity contribution in [2.24, 2.45) is 0 Å². The molecule has 0 aliphatic carbocycles. The summed E-state index contributed by atoms with van der Waals surface area (Å²) in [5, 5.41) is 0. The van der Waals surface area contributed by atoms with Gasteiger partial charge in [-0.2, -0.15) is 0 Å². The normalized spacial score (nSPS) is 11.9. The Morgan fingerprint density at radius 2 is 1.00 bits per heavy atom. The largest absolute Gasteiger partial charge is 3.00 e. The smallest absolute Gasteiger partial charge is 0.255 e. The van der Waals surface area contributed by atoms with Crippen LogP contribution in [-0.4, -0.2) is 9.97 Å². The fourth-order valence-electron chi connectivity index (χ4n) is 2.07. The Labute approximate surface area is 141 Å². The Balaban J connectivity index is 0.00000220. The van der Waals surface area contributed by atoms with Crippen LogP contribution in [0.3, 0.4) is 0 Å². The molecule has 0 saturated heterocycles. The van der Waals surface area contributed by atoms with Gasteiger partial charge in [0.2, 0.25) is 0 Å². The van der Waals surface area contributed by atoms with Crippen molar-refractivity contribution in [3.63, 3.8) is 0 Å². The van der Waals surface area contributed by atoms with E-state index in [1.165, 1.54) is 11.1 Å². The molecular formula is C18H24IrN2+3. The standard InChI is InChI=1S/C18H24N2.Ir/c1-17(2,3)13-7-9-19-15(11-13)16-12-14(8-10-20-16)18(4,5)6;/h7-12H,1-6H3;/q;+3. The first-order chi connectivity index (χ1) is 9.18. The summed E-state index contributed by atoms with van der Waals surface area (Å²) in [6, 6.07) is 8.46. The molecule has 21 heavy (non-hydrogen) atoms. The Bertz CT molecular complexity index is 552. The first-order valence-corrected chi connectivity index (χ1v) is 7.11. The van der Waals surface area contributed by atoms with Gasteiger partial charge in [0.05, 0.1) is 11.4 Å². The van der Waals surface area contributed by atoms with Gasteiger partial charge in [-0.05, 0) is 46.2 Å². The number of hydrogen-bond donors (Lipinski definition) is 0. The van der Waals surface area contributed by atoms with Gasteiger partial charge in [-0.25, -0.2) is 0 Å². The molecule has 2 aromatic rings. The Morgan fingerprint density at radius 1 is 0.667 bits per heavy atom. The van der Waals surface area contributed by atoms with Gasteiger partial charge >= 0.3 is 20.1 Å². The van der Waals surface area contributed by atoms with Gasteiger partial charge < -0.3 is 0 Å². The van der Waals surface area contributed by atoms with Crippen LogP contribution in [0, 0.1) is 0 Å². The molecule has 3 heteroatoms. The van der Waals surface area contributed by atoms with Crippen LogP contribution in [0.2, 0.25) is 0 Å². The van der Waals surface area contributed by atoms with E-state index in [2.05, 4.69) is 75.8 Å². The van der Waals surface area contributed by atoms with Crippen molar-refractivity contribution in [3.8, 4) is 11.4 Å². The van der Waals surface area contributed by atoms with Crippen LogP contribution in [0.4, 0.5) is 0 Å². The molecule has 2 nitrogen and oxygen atoms in total. The summed E-state index contributed by atoms with van der Waals surface area (Å²) in [6.45, 7) is 13.3. The predicted molar refractivity (Wildman–Crippen MR) is 84.9 cm³/mol. The van der Waals surface area contributed by atoms with E-state index in [1.807, 2.05) is 12.4 Å².